The molecule has 3 N–H and O–H groups in total. The highest BCUT2D eigenvalue weighted by atomic mass is 19.1. The molecule has 0 fully saturated rings. The zero-order chi connectivity index (χ0) is 32.3. The van der Waals surface area contributed by atoms with Crippen LogP contribution in [0, 0.1) is 5.82 Å². The molecule has 45 heavy (non-hydrogen) atoms. The van der Waals surface area contributed by atoms with Crippen molar-refractivity contribution < 1.29 is 24.1 Å². The minimum atomic E-state index is -0.758. The van der Waals surface area contributed by atoms with E-state index in [9.17, 15) is 19.4 Å². The summed E-state index contributed by atoms with van der Waals surface area (Å²) in [7, 11) is 0. The molecule has 0 bridgehead atoms. The second-order valence-corrected chi connectivity index (χ2v) is 11.9. The molecule has 7 heteroatoms. The van der Waals surface area contributed by atoms with Gasteiger partial charge in [0.25, 0.3) is 5.91 Å². The Hall–Kier alpha value is -4.36. The van der Waals surface area contributed by atoms with Crippen LogP contribution in [0.15, 0.2) is 91.0 Å². The van der Waals surface area contributed by atoms with E-state index in [1.807, 2.05) is 36.4 Å². The van der Waals surface area contributed by atoms with Gasteiger partial charge in [0.1, 0.15) is 23.1 Å². The predicted molar refractivity (Wildman–Crippen MR) is 178 cm³/mol. The van der Waals surface area contributed by atoms with Crippen LogP contribution in [0.3, 0.4) is 0 Å². The number of nitrogens with zero attached hydrogens (tertiary/aromatic N) is 1. The van der Waals surface area contributed by atoms with Gasteiger partial charge in [0, 0.05) is 42.6 Å². The van der Waals surface area contributed by atoms with Gasteiger partial charge in [-0.05, 0) is 94.1 Å². The van der Waals surface area contributed by atoms with Gasteiger partial charge in [0.2, 0.25) is 0 Å². The molecule has 0 saturated heterocycles. The van der Waals surface area contributed by atoms with Crippen molar-refractivity contribution in [3.8, 4) is 17.2 Å². The molecule has 1 atom stereocenters. The normalized spacial score (nSPS) is 12.1. The first-order chi connectivity index (χ1) is 21.6. The molecular weight excluding hydrogens is 567 g/mol. The molecule has 4 rings (SSSR count). The van der Waals surface area contributed by atoms with Crippen molar-refractivity contribution in [3.05, 3.63) is 125 Å². The number of carbonyl (C=O) groups is 1. The van der Waals surface area contributed by atoms with E-state index in [2.05, 4.69) is 68.2 Å². The molecular formula is C38H45FN2O4. The van der Waals surface area contributed by atoms with Crippen LogP contribution in [-0.2, 0) is 12.8 Å². The van der Waals surface area contributed by atoms with E-state index in [-0.39, 0.29) is 17.2 Å². The lowest BCUT2D eigenvalue weighted by Crippen LogP contribution is -2.38. The van der Waals surface area contributed by atoms with Gasteiger partial charge in [-0.15, -0.1) is 0 Å². The van der Waals surface area contributed by atoms with E-state index in [1.165, 1.54) is 17.7 Å². The summed E-state index contributed by atoms with van der Waals surface area (Å²) in [5, 5.41) is 23.2. The van der Waals surface area contributed by atoms with Crippen LogP contribution in [0.5, 0.6) is 17.2 Å². The maximum Gasteiger partial charge on any atom is 0.254 e. The summed E-state index contributed by atoms with van der Waals surface area (Å²) in [6, 6.07) is 28.2. The molecule has 0 aliphatic heterocycles. The van der Waals surface area contributed by atoms with Crippen molar-refractivity contribution in [2.24, 2.45) is 0 Å². The average molecular weight is 613 g/mol. The third-order valence-corrected chi connectivity index (χ3v) is 8.19. The number of hydrogen-bond donors (Lipinski definition) is 3. The van der Waals surface area contributed by atoms with Crippen LogP contribution in [0.1, 0.15) is 72.6 Å². The average Bonchev–Trinajstić information content (AvgIpc) is 3.01. The van der Waals surface area contributed by atoms with Gasteiger partial charge in [0.05, 0.1) is 12.2 Å². The van der Waals surface area contributed by atoms with Crippen molar-refractivity contribution in [1.29, 1.82) is 0 Å². The number of carbonyl (C=O) groups excluding carboxylic acids is 1. The summed E-state index contributed by atoms with van der Waals surface area (Å²) in [5.74, 6) is -0.406. The Labute approximate surface area is 266 Å². The number of nitrogens with one attached hydrogen (secondary N) is 1. The lowest BCUT2D eigenvalue weighted by molar-refractivity contribution is 0.0950. The van der Waals surface area contributed by atoms with Crippen molar-refractivity contribution >= 4 is 5.91 Å². The molecule has 4 aromatic carbocycles. The summed E-state index contributed by atoms with van der Waals surface area (Å²) in [6.07, 6.45) is 2.11. The maximum absolute atomic E-state index is 13.9. The standard InChI is InChI=1S/C38H45FN2O4/c1-26(2)41(27(3)4)23-20-33(29-9-6-5-7-10-29)37-30(11-8-12-36(37)43)21-24-45-32-16-13-28(14-17-32)19-22-40-38(44)34-18-15-31(42)25-35(34)39/h5-18,25-27,33,42-43H,19-24H2,1-4H3,(H,40,44). The molecule has 0 saturated carbocycles. The molecule has 0 radical (unpaired) electrons. The summed E-state index contributed by atoms with van der Waals surface area (Å²) in [6.45, 7) is 10.6. The van der Waals surface area contributed by atoms with E-state index >= 15 is 0 Å². The van der Waals surface area contributed by atoms with Crippen molar-refractivity contribution in [2.45, 2.75) is 65.0 Å². The molecule has 4 aromatic rings. The summed E-state index contributed by atoms with van der Waals surface area (Å²) in [5.41, 5.74) is 4.13. The van der Waals surface area contributed by atoms with Crippen LogP contribution >= 0.6 is 0 Å². The number of hydrogen-bond acceptors (Lipinski definition) is 5. The number of benzene rings is 4. The third-order valence-electron chi connectivity index (χ3n) is 8.19. The second kappa shape index (κ2) is 16.1. The van der Waals surface area contributed by atoms with Gasteiger partial charge >= 0.3 is 0 Å². The van der Waals surface area contributed by atoms with E-state index in [1.54, 1.807) is 6.07 Å². The predicted octanol–water partition coefficient (Wildman–Crippen LogP) is 7.47. The number of halogens is 1. The van der Waals surface area contributed by atoms with Gasteiger partial charge in [-0.25, -0.2) is 4.39 Å². The van der Waals surface area contributed by atoms with Gasteiger partial charge in [-0.2, -0.15) is 0 Å². The molecule has 238 valence electrons. The SMILES string of the molecule is CC(C)N(CCC(c1ccccc1)c1c(O)cccc1CCOc1ccc(CCNC(=O)c2ccc(O)cc2F)cc1)C(C)C. The number of ether oxygens (including phenoxy) is 1. The summed E-state index contributed by atoms with van der Waals surface area (Å²) in [4.78, 5) is 14.8. The first-order valence-corrected chi connectivity index (χ1v) is 15.7. The van der Waals surface area contributed by atoms with E-state index in [4.69, 9.17) is 4.74 Å². The smallest absolute Gasteiger partial charge is 0.254 e. The van der Waals surface area contributed by atoms with Crippen LogP contribution in [0.2, 0.25) is 0 Å². The molecule has 6 nitrogen and oxygen atoms in total. The Bertz CT molecular complexity index is 1520. The Morgan fingerprint density at radius 1 is 0.867 bits per heavy atom. The van der Waals surface area contributed by atoms with Crippen molar-refractivity contribution in [3.63, 3.8) is 0 Å². The molecule has 0 aromatic heterocycles. The Morgan fingerprint density at radius 2 is 1.58 bits per heavy atom. The Morgan fingerprint density at radius 3 is 2.24 bits per heavy atom. The van der Waals surface area contributed by atoms with E-state index in [0.717, 1.165) is 41.5 Å². The number of phenolic OH excluding ortho intramolecular Hbond substituents is 2. The maximum atomic E-state index is 13.9. The second-order valence-electron chi connectivity index (χ2n) is 11.9. The molecule has 0 heterocycles. The number of rotatable bonds is 15. The zero-order valence-electron chi connectivity index (χ0n) is 26.7. The van der Waals surface area contributed by atoms with Gasteiger partial charge in [0.15, 0.2) is 0 Å². The van der Waals surface area contributed by atoms with Crippen LogP contribution in [0.25, 0.3) is 0 Å². The molecule has 0 aliphatic carbocycles. The van der Waals surface area contributed by atoms with Gasteiger partial charge < -0.3 is 20.3 Å². The first-order valence-electron chi connectivity index (χ1n) is 15.7. The monoisotopic (exact) mass is 612 g/mol. The first kappa shape index (κ1) is 33.5. The Kier molecular flexibility index (Phi) is 12.0. The number of amides is 1. The highest BCUT2D eigenvalue weighted by Crippen LogP contribution is 2.37. The highest BCUT2D eigenvalue weighted by molar-refractivity contribution is 5.94. The van der Waals surface area contributed by atoms with Crippen LogP contribution < -0.4 is 10.1 Å². The van der Waals surface area contributed by atoms with Gasteiger partial charge in [-0.1, -0.05) is 54.6 Å². The zero-order valence-corrected chi connectivity index (χ0v) is 26.7. The quantitative estimate of drug-likeness (QED) is 0.130. The molecule has 0 aliphatic rings. The largest absolute Gasteiger partial charge is 0.508 e. The van der Waals surface area contributed by atoms with Gasteiger partial charge in [-0.3, -0.25) is 9.69 Å². The van der Waals surface area contributed by atoms with E-state index in [0.29, 0.717) is 43.8 Å². The van der Waals surface area contributed by atoms with Crippen molar-refractivity contribution in [2.75, 3.05) is 19.7 Å². The highest BCUT2D eigenvalue weighted by Gasteiger charge is 2.23. The lowest BCUT2D eigenvalue weighted by atomic mass is 9.84. The van der Waals surface area contributed by atoms with E-state index < -0.39 is 11.7 Å². The topological polar surface area (TPSA) is 82.0 Å². The lowest BCUT2D eigenvalue weighted by Gasteiger charge is -2.32. The molecule has 0 spiro atoms. The minimum Gasteiger partial charge on any atom is -0.508 e. The Balaban J connectivity index is 1.37. The molecule has 1 unspecified atom stereocenters. The fourth-order valence-electron chi connectivity index (χ4n) is 5.91. The fraction of sp³-hybridized carbons (Fsp3) is 0.342. The molecule has 1 amide bonds. The third kappa shape index (κ3) is 9.32. The number of phenols is 2. The van der Waals surface area contributed by atoms with Crippen molar-refractivity contribution in [1.82, 2.24) is 10.2 Å². The fourth-order valence-corrected chi connectivity index (χ4v) is 5.91. The van der Waals surface area contributed by atoms with Crippen LogP contribution in [0.4, 0.5) is 4.39 Å². The number of aromatic hydroxyl groups is 2. The minimum absolute atomic E-state index is 0.0488. The summed E-state index contributed by atoms with van der Waals surface area (Å²) < 4.78 is 20.0. The summed E-state index contributed by atoms with van der Waals surface area (Å²) >= 11 is 0. The van der Waals surface area contributed by atoms with Crippen LogP contribution in [-0.4, -0.2) is 52.8 Å².